The molecule has 0 fully saturated rings. The summed E-state index contributed by atoms with van der Waals surface area (Å²) in [6.07, 6.45) is 5.34. The van der Waals surface area contributed by atoms with Gasteiger partial charge in [0.25, 0.3) is 0 Å². The molecule has 6 heteroatoms. The van der Waals surface area contributed by atoms with Gasteiger partial charge in [-0.05, 0) is 49.8 Å². The van der Waals surface area contributed by atoms with Crippen molar-refractivity contribution < 1.29 is 17.5 Å². The third-order valence-electron chi connectivity index (χ3n) is 2.68. The Labute approximate surface area is 117 Å². The highest BCUT2D eigenvalue weighted by Gasteiger charge is 2.18. The minimum atomic E-state index is -3.96. The van der Waals surface area contributed by atoms with E-state index in [1.807, 2.05) is 6.92 Å². The van der Waals surface area contributed by atoms with Crippen LogP contribution in [0.1, 0.15) is 11.1 Å². The third-order valence-corrected chi connectivity index (χ3v) is 3.94. The Hall–Kier alpha value is -2.21. The van der Waals surface area contributed by atoms with E-state index in [0.717, 1.165) is 5.56 Å². The minimum absolute atomic E-state index is 0.0762. The van der Waals surface area contributed by atoms with Gasteiger partial charge in [0.1, 0.15) is 10.6 Å². The molecule has 0 bridgehead atoms. The maximum Gasteiger partial charge on any atom is 0.358 e. The maximum atomic E-state index is 12.0. The topological polar surface area (TPSA) is 72.8 Å². The quantitative estimate of drug-likeness (QED) is 0.631. The first-order chi connectivity index (χ1) is 9.38. The first-order valence-corrected chi connectivity index (χ1v) is 7.28. The first kappa shape index (κ1) is 14.2. The molecule has 104 valence electrons. The van der Waals surface area contributed by atoms with Crippen LogP contribution < -0.4 is 0 Å². The number of nitrogens with zero attached hydrogens (tertiary/aromatic N) is 1. The molecule has 0 unspecified atom stereocenters. The second-order valence-corrected chi connectivity index (χ2v) is 5.88. The molecule has 1 aliphatic carbocycles. The molecule has 2 rings (SSSR count). The zero-order chi connectivity index (χ0) is 14.8. The number of carbonyl (C=O) groups excluding carboxylic acids is 1. The molecule has 0 saturated heterocycles. The highest BCUT2D eigenvalue weighted by molar-refractivity contribution is 7.86. The summed E-state index contributed by atoms with van der Waals surface area (Å²) in [4.78, 5) is 11.0. The average Bonchev–Trinajstić information content (AvgIpc) is 2.37. The summed E-state index contributed by atoms with van der Waals surface area (Å²) in [7, 11) is -3.96. The Kier molecular flexibility index (Phi) is 3.85. The van der Waals surface area contributed by atoms with Gasteiger partial charge in [-0.15, -0.1) is 0 Å². The van der Waals surface area contributed by atoms with Crippen molar-refractivity contribution in [1.82, 2.24) is 0 Å². The molecule has 20 heavy (non-hydrogen) atoms. The highest BCUT2D eigenvalue weighted by atomic mass is 32.2. The Morgan fingerprint density at radius 3 is 2.30 bits per heavy atom. The second kappa shape index (κ2) is 5.42. The molecule has 0 aromatic heterocycles. The predicted octanol–water partition coefficient (Wildman–Crippen LogP) is 2.06. The van der Waals surface area contributed by atoms with Crippen molar-refractivity contribution in [3.63, 3.8) is 0 Å². The maximum absolute atomic E-state index is 12.0. The predicted molar refractivity (Wildman–Crippen MR) is 74.9 cm³/mol. The van der Waals surface area contributed by atoms with E-state index in [0.29, 0.717) is 5.56 Å². The third kappa shape index (κ3) is 3.21. The van der Waals surface area contributed by atoms with Gasteiger partial charge in [-0.3, -0.25) is 9.08 Å². The van der Waals surface area contributed by atoms with E-state index < -0.39 is 10.1 Å². The standard InChI is InChI=1S/C14H13NO4S/c1-10-3-8-14(11(2)9-10)20(17,18)19-15-12-4-6-13(16)7-5-12/h3-9H,1-2H3. The van der Waals surface area contributed by atoms with Gasteiger partial charge < -0.3 is 0 Å². The summed E-state index contributed by atoms with van der Waals surface area (Å²) >= 11 is 0. The molecular formula is C14H13NO4S. The second-order valence-electron chi connectivity index (χ2n) is 4.38. The lowest BCUT2D eigenvalue weighted by molar-refractivity contribution is -0.110. The Morgan fingerprint density at radius 2 is 1.70 bits per heavy atom. The molecule has 0 atom stereocenters. The summed E-state index contributed by atoms with van der Waals surface area (Å²) < 4.78 is 28.7. The number of aryl methyl sites for hydroxylation is 2. The molecule has 0 aliphatic heterocycles. The van der Waals surface area contributed by atoms with E-state index in [4.69, 9.17) is 0 Å². The fraction of sp³-hybridized carbons (Fsp3) is 0.143. The molecule has 0 saturated carbocycles. The minimum Gasteiger partial charge on any atom is -0.290 e. The molecule has 0 amide bonds. The molecule has 1 aromatic carbocycles. The monoisotopic (exact) mass is 291 g/mol. The van der Waals surface area contributed by atoms with E-state index in [1.54, 1.807) is 19.1 Å². The Bertz CT molecular complexity index is 724. The van der Waals surface area contributed by atoms with E-state index in [-0.39, 0.29) is 16.4 Å². The fourth-order valence-electron chi connectivity index (χ4n) is 1.72. The van der Waals surface area contributed by atoms with Gasteiger partial charge in [-0.1, -0.05) is 22.9 Å². The molecule has 1 aliphatic rings. The highest BCUT2D eigenvalue weighted by Crippen LogP contribution is 2.19. The van der Waals surface area contributed by atoms with Gasteiger partial charge in [-0.2, -0.15) is 8.42 Å². The molecule has 0 radical (unpaired) electrons. The number of rotatable bonds is 3. The van der Waals surface area contributed by atoms with E-state index >= 15 is 0 Å². The van der Waals surface area contributed by atoms with Gasteiger partial charge in [0.2, 0.25) is 0 Å². The number of ketones is 1. The van der Waals surface area contributed by atoms with Gasteiger partial charge in [0.05, 0.1) is 0 Å². The van der Waals surface area contributed by atoms with Crippen LogP contribution in [0.25, 0.3) is 0 Å². The molecule has 0 heterocycles. The summed E-state index contributed by atoms with van der Waals surface area (Å²) in [6, 6.07) is 4.92. The van der Waals surface area contributed by atoms with Crippen LogP contribution in [0.5, 0.6) is 0 Å². The van der Waals surface area contributed by atoms with Crippen LogP contribution in [0, 0.1) is 13.8 Å². The van der Waals surface area contributed by atoms with Gasteiger partial charge in [0, 0.05) is 0 Å². The van der Waals surface area contributed by atoms with Crippen molar-refractivity contribution in [2.45, 2.75) is 18.7 Å². The Balaban J connectivity index is 2.24. The summed E-state index contributed by atoms with van der Waals surface area (Å²) in [5.41, 5.74) is 1.82. The molecule has 0 spiro atoms. The van der Waals surface area contributed by atoms with Crippen molar-refractivity contribution in [3.8, 4) is 0 Å². The van der Waals surface area contributed by atoms with Crippen molar-refractivity contribution in [1.29, 1.82) is 0 Å². The van der Waals surface area contributed by atoms with Crippen LogP contribution in [-0.2, 0) is 19.2 Å². The zero-order valence-corrected chi connectivity index (χ0v) is 11.8. The van der Waals surface area contributed by atoms with E-state index in [2.05, 4.69) is 9.44 Å². The van der Waals surface area contributed by atoms with Crippen molar-refractivity contribution >= 4 is 21.6 Å². The van der Waals surface area contributed by atoms with Crippen LogP contribution in [0.15, 0.2) is 52.6 Å². The number of allylic oxidation sites excluding steroid dienone is 4. The fourth-order valence-corrected chi connectivity index (χ4v) is 2.67. The SMILES string of the molecule is Cc1ccc(S(=O)(=O)ON=C2C=CC(=O)C=C2)c(C)c1. The molecule has 0 N–H and O–H groups in total. The van der Waals surface area contributed by atoms with E-state index in [9.17, 15) is 13.2 Å². The van der Waals surface area contributed by atoms with Crippen molar-refractivity contribution in [3.05, 3.63) is 53.6 Å². The lowest BCUT2D eigenvalue weighted by atomic mass is 10.2. The lowest BCUT2D eigenvalue weighted by Crippen LogP contribution is -2.07. The number of oxime groups is 1. The average molecular weight is 291 g/mol. The summed E-state index contributed by atoms with van der Waals surface area (Å²) in [6.45, 7) is 3.56. The van der Waals surface area contributed by atoms with Crippen LogP contribution >= 0.6 is 0 Å². The molecular weight excluding hydrogens is 278 g/mol. The van der Waals surface area contributed by atoms with Gasteiger partial charge in [-0.25, -0.2) is 0 Å². The zero-order valence-electron chi connectivity index (χ0n) is 11.0. The lowest BCUT2D eigenvalue weighted by Gasteiger charge is -2.06. The van der Waals surface area contributed by atoms with Gasteiger partial charge >= 0.3 is 10.1 Å². The van der Waals surface area contributed by atoms with Crippen LogP contribution in [0.2, 0.25) is 0 Å². The summed E-state index contributed by atoms with van der Waals surface area (Å²) in [5.74, 6) is -0.179. The normalized spacial score (nSPS) is 14.5. The number of hydrogen-bond donors (Lipinski definition) is 0. The number of carbonyl (C=O) groups is 1. The summed E-state index contributed by atoms with van der Waals surface area (Å²) in [5, 5.41) is 3.53. The van der Waals surface area contributed by atoms with Crippen molar-refractivity contribution in [2.75, 3.05) is 0 Å². The van der Waals surface area contributed by atoms with Crippen LogP contribution in [0.4, 0.5) is 0 Å². The largest absolute Gasteiger partial charge is 0.358 e. The van der Waals surface area contributed by atoms with Crippen molar-refractivity contribution in [2.24, 2.45) is 5.16 Å². The van der Waals surface area contributed by atoms with Gasteiger partial charge in [0.15, 0.2) is 5.78 Å². The van der Waals surface area contributed by atoms with Crippen LogP contribution in [0.3, 0.4) is 0 Å². The van der Waals surface area contributed by atoms with E-state index in [1.165, 1.54) is 30.4 Å². The first-order valence-electron chi connectivity index (χ1n) is 5.87. The number of benzene rings is 1. The molecule has 5 nitrogen and oxygen atoms in total. The van der Waals surface area contributed by atoms with Crippen LogP contribution in [-0.4, -0.2) is 19.9 Å². The number of hydrogen-bond acceptors (Lipinski definition) is 5. The Morgan fingerprint density at radius 1 is 1.05 bits per heavy atom. The smallest absolute Gasteiger partial charge is 0.290 e. The molecule has 1 aromatic rings.